The normalized spacial score (nSPS) is 27.9. The average molecular weight is 240 g/mol. The molecular formula is C15H32N2. The Morgan fingerprint density at radius 2 is 1.94 bits per heavy atom. The van der Waals surface area contributed by atoms with E-state index in [2.05, 4.69) is 44.8 Å². The molecule has 1 fully saturated rings. The van der Waals surface area contributed by atoms with Crippen LogP contribution in [0.4, 0.5) is 0 Å². The van der Waals surface area contributed by atoms with Gasteiger partial charge in [0.15, 0.2) is 0 Å². The van der Waals surface area contributed by atoms with Crippen molar-refractivity contribution >= 4 is 0 Å². The van der Waals surface area contributed by atoms with E-state index in [0.717, 1.165) is 24.5 Å². The zero-order valence-electron chi connectivity index (χ0n) is 12.5. The maximum absolute atomic E-state index is 3.72. The summed E-state index contributed by atoms with van der Waals surface area (Å²) in [5.74, 6) is 0.729. The minimum absolute atomic E-state index is 0.657. The van der Waals surface area contributed by atoms with Crippen molar-refractivity contribution in [2.45, 2.75) is 78.4 Å². The molecule has 1 rings (SSSR count). The summed E-state index contributed by atoms with van der Waals surface area (Å²) in [7, 11) is 0. The van der Waals surface area contributed by atoms with Gasteiger partial charge in [-0.05, 0) is 45.1 Å². The van der Waals surface area contributed by atoms with Gasteiger partial charge in [0.1, 0.15) is 0 Å². The minimum Gasteiger partial charge on any atom is -0.312 e. The quantitative estimate of drug-likeness (QED) is 0.735. The topological polar surface area (TPSA) is 15.3 Å². The molecule has 3 unspecified atom stereocenters. The molecule has 0 aliphatic carbocycles. The highest BCUT2D eigenvalue weighted by Gasteiger charge is 2.31. The van der Waals surface area contributed by atoms with E-state index in [0.29, 0.717) is 6.04 Å². The van der Waals surface area contributed by atoms with Crippen LogP contribution in [0.2, 0.25) is 0 Å². The molecule has 0 radical (unpaired) electrons. The van der Waals surface area contributed by atoms with E-state index in [-0.39, 0.29) is 0 Å². The summed E-state index contributed by atoms with van der Waals surface area (Å²) in [5, 5.41) is 3.72. The number of likely N-dealkylation sites (tertiary alicyclic amines) is 1. The Balaban J connectivity index is 2.52. The molecule has 0 bridgehead atoms. The molecule has 1 heterocycles. The number of rotatable bonds is 7. The molecule has 3 atom stereocenters. The molecule has 102 valence electrons. The first-order valence-electron chi connectivity index (χ1n) is 7.59. The van der Waals surface area contributed by atoms with Crippen LogP contribution in [0.1, 0.15) is 60.3 Å². The van der Waals surface area contributed by atoms with E-state index in [9.17, 15) is 0 Å². The Kier molecular flexibility index (Phi) is 6.50. The fraction of sp³-hybridized carbons (Fsp3) is 1.00. The lowest BCUT2D eigenvalue weighted by Gasteiger charge is -2.34. The summed E-state index contributed by atoms with van der Waals surface area (Å²) in [6.45, 7) is 14.0. The second-order valence-electron chi connectivity index (χ2n) is 5.99. The maximum Gasteiger partial charge on any atom is 0.0218 e. The average Bonchev–Trinajstić information content (AvgIpc) is 2.65. The van der Waals surface area contributed by atoms with E-state index < -0.39 is 0 Å². The largest absolute Gasteiger partial charge is 0.312 e. The molecule has 0 aromatic rings. The molecule has 1 saturated heterocycles. The van der Waals surface area contributed by atoms with Gasteiger partial charge in [-0.2, -0.15) is 0 Å². The first-order chi connectivity index (χ1) is 8.10. The van der Waals surface area contributed by atoms with Crippen molar-refractivity contribution in [2.24, 2.45) is 5.92 Å². The Bertz CT molecular complexity index is 203. The van der Waals surface area contributed by atoms with Gasteiger partial charge in [-0.3, -0.25) is 4.90 Å². The number of nitrogens with zero attached hydrogens (tertiary/aromatic N) is 1. The third-order valence-corrected chi connectivity index (χ3v) is 4.29. The minimum atomic E-state index is 0.657. The van der Waals surface area contributed by atoms with Gasteiger partial charge >= 0.3 is 0 Å². The number of hydrogen-bond acceptors (Lipinski definition) is 2. The lowest BCUT2D eigenvalue weighted by molar-refractivity contribution is 0.161. The van der Waals surface area contributed by atoms with Crippen molar-refractivity contribution in [1.82, 2.24) is 10.2 Å². The van der Waals surface area contributed by atoms with Gasteiger partial charge in [0.2, 0.25) is 0 Å². The lowest BCUT2D eigenvalue weighted by Crippen LogP contribution is -2.48. The van der Waals surface area contributed by atoms with Crippen LogP contribution in [0.3, 0.4) is 0 Å². The SMILES string of the molecule is CCCNC(CN1C(C)CCC1CC)C(C)C. The fourth-order valence-electron chi connectivity index (χ4n) is 2.96. The van der Waals surface area contributed by atoms with Gasteiger partial charge in [-0.1, -0.05) is 27.7 Å². The zero-order chi connectivity index (χ0) is 12.8. The molecule has 0 amide bonds. The van der Waals surface area contributed by atoms with Crippen LogP contribution >= 0.6 is 0 Å². The van der Waals surface area contributed by atoms with E-state index in [1.165, 1.54) is 32.2 Å². The van der Waals surface area contributed by atoms with E-state index in [1.54, 1.807) is 0 Å². The molecular weight excluding hydrogens is 208 g/mol. The van der Waals surface area contributed by atoms with Crippen molar-refractivity contribution in [3.05, 3.63) is 0 Å². The monoisotopic (exact) mass is 240 g/mol. The van der Waals surface area contributed by atoms with Crippen LogP contribution in [0.5, 0.6) is 0 Å². The fourth-order valence-corrected chi connectivity index (χ4v) is 2.96. The van der Waals surface area contributed by atoms with Crippen LogP contribution < -0.4 is 5.32 Å². The maximum atomic E-state index is 3.72. The number of nitrogens with one attached hydrogen (secondary N) is 1. The molecule has 2 heteroatoms. The summed E-state index contributed by atoms with van der Waals surface area (Å²) >= 11 is 0. The first kappa shape index (κ1) is 15.0. The highest BCUT2D eigenvalue weighted by atomic mass is 15.2. The van der Waals surface area contributed by atoms with Gasteiger partial charge in [0.25, 0.3) is 0 Å². The zero-order valence-corrected chi connectivity index (χ0v) is 12.5. The Morgan fingerprint density at radius 3 is 2.47 bits per heavy atom. The molecule has 0 saturated carbocycles. The highest BCUT2D eigenvalue weighted by Crippen LogP contribution is 2.26. The molecule has 1 aliphatic heterocycles. The van der Waals surface area contributed by atoms with Gasteiger partial charge in [0, 0.05) is 24.7 Å². The summed E-state index contributed by atoms with van der Waals surface area (Å²) in [4.78, 5) is 2.74. The molecule has 0 aromatic heterocycles. The smallest absolute Gasteiger partial charge is 0.0218 e. The number of hydrogen-bond donors (Lipinski definition) is 1. The van der Waals surface area contributed by atoms with Crippen molar-refractivity contribution in [3.63, 3.8) is 0 Å². The summed E-state index contributed by atoms with van der Waals surface area (Å²) < 4.78 is 0. The third kappa shape index (κ3) is 4.26. The Labute approximate surface area is 108 Å². The summed E-state index contributed by atoms with van der Waals surface area (Å²) in [6, 6.07) is 2.27. The third-order valence-electron chi connectivity index (χ3n) is 4.29. The van der Waals surface area contributed by atoms with Crippen molar-refractivity contribution < 1.29 is 0 Å². The lowest BCUT2D eigenvalue weighted by atomic mass is 10.0. The van der Waals surface area contributed by atoms with Gasteiger partial charge < -0.3 is 5.32 Å². The molecule has 1 aliphatic rings. The van der Waals surface area contributed by atoms with Crippen LogP contribution in [0, 0.1) is 5.92 Å². The van der Waals surface area contributed by atoms with Crippen LogP contribution in [0.15, 0.2) is 0 Å². The molecule has 17 heavy (non-hydrogen) atoms. The summed E-state index contributed by atoms with van der Waals surface area (Å²) in [5.41, 5.74) is 0. The second-order valence-corrected chi connectivity index (χ2v) is 5.99. The van der Waals surface area contributed by atoms with Crippen LogP contribution in [-0.2, 0) is 0 Å². The van der Waals surface area contributed by atoms with Crippen molar-refractivity contribution in [3.8, 4) is 0 Å². The first-order valence-corrected chi connectivity index (χ1v) is 7.59. The molecule has 1 N–H and O–H groups in total. The van der Waals surface area contributed by atoms with E-state index >= 15 is 0 Å². The predicted octanol–water partition coefficient (Wildman–Crippen LogP) is 3.27. The predicted molar refractivity (Wildman–Crippen MR) is 76.4 cm³/mol. The summed E-state index contributed by atoms with van der Waals surface area (Å²) in [6.07, 6.45) is 5.33. The molecule has 0 spiro atoms. The molecule has 2 nitrogen and oxygen atoms in total. The second kappa shape index (κ2) is 7.38. The van der Waals surface area contributed by atoms with Crippen LogP contribution in [0.25, 0.3) is 0 Å². The van der Waals surface area contributed by atoms with Gasteiger partial charge in [-0.15, -0.1) is 0 Å². The van der Waals surface area contributed by atoms with E-state index in [1.807, 2.05) is 0 Å². The van der Waals surface area contributed by atoms with Crippen molar-refractivity contribution in [2.75, 3.05) is 13.1 Å². The molecule has 0 aromatic carbocycles. The highest BCUT2D eigenvalue weighted by molar-refractivity contribution is 4.88. The standard InChI is InChI=1S/C15H32N2/c1-6-10-16-15(12(3)4)11-17-13(5)8-9-14(17)7-2/h12-16H,6-11H2,1-5H3. The van der Waals surface area contributed by atoms with E-state index in [4.69, 9.17) is 0 Å². The Hall–Kier alpha value is -0.0800. The van der Waals surface area contributed by atoms with Gasteiger partial charge in [-0.25, -0.2) is 0 Å². The van der Waals surface area contributed by atoms with Crippen molar-refractivity contribution in [1.29, 1.82) is 0 Å². The Morgan fingerprint density at radius 1 is 1.24 bits per heavy atom. The van der Waals surface area contributed by atoms with Gasteiger partial charge in [0.05, 0.1) is 0 Å². The van der Waals surface area contributed by atoms with Crippen LogP contribution in [-0.4, -0.2) is 36.1 Å².